The molecule has 2 N–H and O–H groups in total. The summed E-state index contributed by atoms with van der Waals surface area (Å²) in [6.07, 6.45) is 4.08. The summed E-state index contributed by atoms with van der Waals surface area (Å²) in [7, 11) is 1.71. The summed E-state index contributed by atoms with van der Waals surface area (Å²) in [6, 6.07) is 1.03. The van der Waals surface area contributed by atoms with Gasteiger partial charge in [0.2, 0.25) is 5.69 Å². The molecule has 1 aromatic heterocycles. The molecule has 1 aromatic rings. The lowest BCUT2D eigenvalue weighted by Crippen LogP contribution is -2.48. The molecule has 2 bridgehead atoms. The number of nitro groups is 1. The fourth-order valence-electron chi connectivity index (χ4n) is 3.47. The number of amides is 1. The highest BCUT2D eigenvalue weighted by atomic mass is 35.5. The lowest BCUT2D eigenvalue weighted by atomic mass is 9.98. The molecule has 2 aliphatic rings. The first-order chi connectivity index (χ1) is 9.97. The van der Waals surface area contributed by atoms with Crippen molar-refractivity contribution >= 4 is 24.0 Å². The molecule has 2 aliphatic heterocycles. The lowest BCUT2D eigenvalue weighted by molar-refractivity contribution is -0.385. The summed E-state index contributed by atoms with van der Waals surface area (Å²) in [5.41, 5.74) is -0.00299. The van der Waals surface area contributed by atoms with E-state index in [0.717, 1.165) is 25.7 Å². The number of hydrogen-bond donors (Lipinski definition) is 2. The van der Waals surface area contributed by atoms with Crippen molar-refractivity contribution in [2.24, 2.45) is 0 Å². The van der Waals surface area contributed by atoms with Crippen molar-refractivity contribution in [3.05, 3.63) is 21.5 Å². The second kappa shape index (κ2) is 6.21. The zero-order valence-electron chi connectivity index (χ0n) is 12.5. The molecular weight excluding hydrogens is 310 g/mol. The van der Waals surface area contributed by atoms with Crippen LogP contribution in [0.5, 0.6) is 0 Å². The molecule has 0 radical (unpaired) electrons. The van der Waals surface area contributed by atoms with Gasteiger partial charge in [-0.15, -0.1) is 12.4 Å². The fraction of sp³-hybridized carbons (Fsp3) is 0.692. The maximum Gasteiger partial charge on any atom is 0.322 e. The molecule has 8 nitrogen and oxygen atoms in total. The van der Waals surface area contributed by atoms with E-state index in [1.54, 1.807) is 18.9 Å². The molecular formula is C13H20ClN5O3. The molecule has 22 heavy (non-hydrogen) atoms. The van der Waals surface area contributed by atoms with E-state index in [1.807, 2.05) is 0 Å². The number of aryl methyl sites for hydroxylation is 1. The van der Waals surface area contributed by atoms with Crippen LogP contribution in [-0.2, 0) is 0 Å². The highest BCUT2D eigenvalue weighted by Gasteiger charge is 2.38. The number of aromatic amines is 1. The van der Waals surface area contributed by atoms with E-state index in [-0.39, 0.29) is 35.7 Å². The Morgan fingerprint density at radius 3 is 2.50 bits per heavy atom. The van der Waals surface area contributed by atoms with E-state index in [4.69, 9.17) is 0 Å². The first kappa shape index (κ1) is 16.7. The zero-order valence-corrected chi connectivity index (χ0v) is 13.4. The Kier molecular flexibility index (Phi) is 4.72. The first-order valence-electron chi connectivity index (χ1n) is 7.20. The minimum atomic E-state index is -0.550. The van der Waals surface area contributed by atoms with Crippen molar-refractivity contribution in [2.75, 3.05) is 7.05 Å². The van der Waals surface area contributed by atoms with Gasteiger partial charge in [-0.2, -0.15) is 5.10 Å². The molecule has 9 heteroatoms. The van der Waals surface area contributed by atoms with Crippen LogP contribution in [0.1, 0.15) is 41.9 Å². The standard InChI is InChI=1S/C13H19N5O3.ClH/c1-7-12(18(20)21)11(16-15-7)13(19)17(2)10-5-8-3-4-9(6-10)14-8;/h8-10,14H,3-6H2,1-2H3,(H,15,16);1H. The average Bonchev–Trinajstić information content (AvgIpc) is 2.99. The predicted octanol–water partition coefficient (Wildman–Crippen LogP) is 1.40. The molecule has 0 aliphatic carbocycles. The Balaban J connectivity index is 0.00000176. The van der Waals surface area contributed by atoms with Crippen LogP contribution in [-0.4, -0.2) is 51.1 Å². The molecule has 0 saturated carbocycles. The van der Waals surface area contributed by atoms with Gasteiger partial charge in [-0.25, -0.2) is 0 Å². The Bertz CT molecular complexity index is 578. The number of nitrogens with one attached hydrogen (secondary N) is 2. The van der Waals surface area contributed by atoms with E-state index in [2.05, 4.69) is 15.5 Å². The molecule has 122 valence electrons. The number of carbonyl (C=O) groups is 1. The summed E-state index contributed by atoms with van der Waals surface area (Å²) in [5, 5.41) is 21.0. The van der Waals surface area contributed by atoms with Crippen molar-refractivity contribution in [1.82, 2.24) is 20.4 Å². The Morgan fingerprint density at radius 2 is 1.95 bits per heavy atom. The minimum absolute atomic E-state index is 0. The van der Waals surface area contributed by atoms with Crippen molar-refractivity contribution in [3.8, 4) is 0 Å². The third-order valence-electron chi connectivity index (χ3n) is 4.62. The highest BCUT2D eigenvalue weighted by molar-refractivity contribution is 5.96. The molecule has 2 atom stereocenters. The number of aromatic nitrogens is 2. The normalized spacial score (nSPS) is 26.4. The van der Waals surface area contributed by atoms with Crippen LogP contribution in [0.15, 0.2) is 0 Å². The quantitative estimate of drug-likeness (QED) is 0.644. The van der Waals surface area contributed by atoms with Gasteiger partial charge in [0.25, 0.3) is 5.91 Å². The lowest BCUT2D eigenvalue weighted by Gasteiger charge is -2.35. The van der Waals surface area contributed by atoms with E-state index >= 15 is 0 Å². The van der Waals surface area contributed by atoms with Crippen molar-refractivity contribution in [3.63, 3.8) is 0 Å². The van der Waals surface area contributed by atoms with Crippen LogP contribution in [0.2, 0.25) is 0 Å². The molecule has 0 aromatic carbocycles. The van der Waals surface area contributed by atoms with Crippen molar-refractivity contribution < 1.29 is 9.72 Å². The zero-order chi connectivity index (χ0) is 15.1. The topological polar surface area (TPSA) is 104 Å². The summed E-state index contributed by atoms with van der Waals surface area (Å²) in [5.74, 6) is -0.377. The van der Waals surface area contributed by atoms with E-state index < -0.39 is 4.92 Å². The largest absolute Gasteiger partial charge is 0.337 e. The summed E-state index contributed by atoms with van der Waals surface area (Å²) >= 11 is 0. The number of nitrogens with zero attached hydrogens (tertiary/aromatic N) is 3. The predicted molar refractivity (Wildman–Crippen MR) is 82.3 cm³/mol. The number of carbonyl (C=O) groups excluding carboxylic acids is 1. The molecule has 0 spiro atoms. The van der Waals surface area contributed by atoms with Crippen LogP contribution in [0.25, 0.3) is 0 Å². The molecule has 2 unspecified atom stereocenters. The summed E-state index contributed by atoms with van der Waals surface area (Å²) in [6.45, 7) is 1.55. The number of fused-ring (bicyclic) bond motifs is 2. The molecule has 2 fully saturated rings. The minimum Gasteiger partial charge on any atom is -0.337 e. The van der Waals surface area contributed by atoms with Gasteiger partial charge in [0, 0.05) is 25.2 Å². The molecule has 3 heterocycles. The summed E-state index contributed by atoms with van der Waals surface area (Å²) in [4.78, 5) is 24.7. The molecule has 1 amide bonds. The second-order valence-electron chi connectivity index (χ2n) is 5.98. The van der Waals surface area contributed by atoms with E-state index in [9.17, 15) is 14.9 Å². The number of hydrogen-bond acceptors (Lipinski definition) is 5. The number of piperidine rings is 1. The summed E-state index contributed by atoms with van der Waals surface area (Å²) < 4.78 is 0. The Labute approximate surface area is 134 Å². The number of halogens is 1. The van der Waals surface area contributed by atoms with E-state index in [1.165, 1.54) is 0 Å². The fourth-order valence-corrected chi connectivity index (χ4v) is 3.47. The van der Waals surface area contributed by atoms with Crippen LogP contribution >= 0.6 is 12.4 Å². The van der Waals surface area contributed by atoms with Gasteiger partial charge in [0.05, 0.1) is 4.92 Å². The van der Waals surface area contributed by atoms with Gasteiger partial charge in [-0.1, -0.05) is 0 Å². The van der Waals surface area contributed by atoms with Crippen LogP contribution in [0, 0.1) is 17.0 Å². The maximum atomic E-state index is 12.5. The molecule has 2 saturated heterocycles. The van der Waals surface area contributed by atoms with Gasteiger partial charge in [-0.3, -0.25) is 20.0 Å². The number of H-pyrrole nitrogens is 1. The first-order valence-corrected chi connectivity index (χ1v) is 7.20. The van der Waals surface area contributed by atoms with Crippen molar-refractivity contribution in [1.29, 1.82) is 0 Å². The SMILES string of the molecule is Cc1[nH]nc(C(=O)N(C)C2CC3CCC(C2)N3)c1[N+](=O)[O-].Cl. The van der Waals surface area contributed by atoms with Crippen LogP contribution in [0.3, 0.4) is 0 Å². The number of rotatable bonds is 3. The van der Waals surface area contributed by atoms with E-state index in [0.29, 0.717) is 17.8 Å². The van der Waals surface area contributed by atoms with Gasteiger partial charge >= 0.3 is 5.69 Å². The third kappa shape index (κ3) is 2.80. The highest BCUT2D eigenvalue weighted by Crippen LogP contribution is 2.30. The second-order valence-corrected chi connectivity index (χ2v) is 5.98. The van der Waals surface area contributed by atoms with Crippen LogP contribution < -0.4 is 5.32 Å². The van der Waals surface area contributed by atoms with Gasteiger partial charge in [0.1, 0.15) is 5.69 Å². The Morgan fingerprint density at radius 1 is 1.36 bits per heavy atom. The smallest absolute Gasteiger partial charge is 0.322 e. The molecule has 3 rings (SSSR count). The van der Waals surface area contributed by atoms with Gasteiger partial charge in [-0.05, 0) is 32.6 Å². The van der Waals surface area contributed by atoms with Crippen molar-refractivity contribution in [2.45, 2.75) is 50.7 Å². The maximum absolute atomic E-state index is 12.5. The van der Waals surface area contributed by atoms with Gasteiger partial charge < -0.3 is 10.2 Å². The third-order valence-corrected chi connectivity index (χ3v) is 4.62. The average molecular weight is 330 g/mol. The van der Waals surface area contributed by atoms with Crippen LogP contribution in [0.4, 0.5) is 5.69 Å². The monoisotopic (exact) mass is 329 g/mol. The van der Waals surface area contributed by atoms with Gasteiger partial charge in [0.15, 0.2) is 0 Å². The Hall–Kier alpha value is -1.67.